The number of allylic oxidation sites excluding steroid dienone is 1. The molecule has 0 bridgehead atoms. The SMILES string of the molecule is CC(C)CN=C(C=CN)c1ccnc(N[C@@H](C)c2cc3cc(Cl)ccc3[nH]c2=O)n1. The molecule has 0 aliphatic rings. The summed E-state index contributed by atoms with van der Waals surface area (Å²) in [6.07, 6.45) is 4.81. The lowest BCUT2D eigenvalue weighted by Crippen LogP contribution is -2.20. The van der Waals surface area contributed by atoms with Crippen molar-refractivity contribution in [3.8, 4) is 0 Å². The van der Waals surface area contributed by atoms with Gasteiger partial charge in [-0.25, -0.2) is 9.97 Å². The van der Waals surface area contributed by atoms with E-state index in [1.165, 1.54) is 6.20 Å². The number of aromatic nitrogens is 3. The van der Waals surface area contributed by atoms with Crippen molar-refractivity contribution in [2.24, 2.45) is 16.6 Å². The number of fused-ring (bicyclic) bond motifs is 1. The Labute approximate surface area is 180 Å². The van der Waals surface area contributed by atoms with Gasteiger partial charge in [0.25, 0.3) is 5.56 Å². The predicted octanol–water partition coefficient (Wildman–Crippen LogP) is 4.06. The number of pyridine rings is 1. The van der Waals surface area contributed by atoms with Crippen molar-refractivity contribution in [2.75, 3.05) is 11.9 Å². The fourth-order valence-electron chi connectivity index (χ4n) is 2.95. The molecule has 0 saturated heterocycles. The van der Waals surface area contributed by atoms with Gasteiger partial charge < -0.3 is 16.0 Å². The average molecular weight is 425 g/mol. The van der Waals surface area contributed by atoms with Crippen molar-refractivity contribution in [3.63, 3.8) is 0 Å². The van der Waals surface area contributed by atoms with E-state index in [0.29, 0.717) is 40.4 Å². The molecule has 8 heteroatoms. The van der Waals surface area contributed by atoms with Crippen LogP contribution in [-0.4, -0.2) is 27.2 Å². The molecule has 0 amide bonds. The van der Waals surface area contributed by atoms with Gasteiger partial charge in [0.05, 0.1) is 17.4 Å². The van der Waals surface area contributed by atoms with Crippen LogP contribution in [0.4, 0.5) is 5.95 Å². The second-order valence-corrected chi connectivity index (χ2v) is 7.83. The number of halogens is 1. The first-order chi connectivity index (χ1) is 14.4. The molecule has 2 aromatic heterocycles. The minimum absolute atomic E-state index is 0.175. The van der Waals surface area contributed by atoms with Crippen molar-refractivity contribution >= 4 is 34.2 Å². The third-order valence-corrected chi connectivity index (χ3v) is 4.68. The predicted molar refractivity (Wildman–Crippen MR) is 123 cm³/mol. The number of hydrogen-bond donors (Lipinski definition) is 3. The highest BCUT2D eigenvalue weighted by atomic mass is 35.5. The fourth-order valence-corrected chi connectivity index (χ4v) is 3.13. The summed E-state index contributed by atoms with van der Waals surface area (Å²) in [4.78, 5) is 28.8. The molecule has 0 spiro atoms. The molecular weight excluding hydrogens is 400 g/mol. The van der Waals surface area contributed by atoms with Gasteiger partial charge in [0, 0.05) is 34.2 Å². The summed E-state index contributed by atoms with van der Waals surface area (Å²) < 4.78 is 0. The standard InChI is InChI=1S/C22H25ClN6O/c1-13(2)12-26-19(6-8-24)20-7-9-25-22(29-20)27-14(3)17-11-15-10-16(23)4-5-18(15)28-21(17)30/h4-11,13-14H,12,24H2,1-3H3,(H,28,30)(H,25,27,29)/t14-/m0/s1. The number of H-pyrrole nitrogens is 1. The Morgan fingerprint density at radius 2 is 2.10 bits per heavy atom. The number of rotatable bonds is 7. The number of nitrogens with two attached hydrogens (primary N) is 1. The van der Waals surface area contributed by atoms with Gasteiger partial charge in [-0.1, -0.05) is 25.4 Å². The van der Waals surface area contributed by atoms with E-state index >= 15 is 0 Å². The maximum absolute atomic E-state index is 12.5. The number of aromatic amines is 1. The average Bonchev–Trinajstić information content (AvgIpc) is 2.71. The summed E-state index contributed by atoms with van der Waals surface area (Å²) in [6, 6.07) is 8.63. The van der Waals surface area contributed by atoms with E-state index in [9.17, 15) is 4.79 Å². The van der Waals surface area contributed by atoms with Crippen LogP contribution < -0.4 is 16.6 Å². The Bertz CT molecular complexity index is 1150. The van der Waals surface area contributed by atoms with Crippen molar-refractivity contribution in [1.29, 1.82) is 0 Å². The van der Waals surface area contributed by atoms with Crippen molar-refractivity contribution in [3.05, 3.63) is 75.4 Å². The Kier molecular flexibility index (Phi) is 6.84. The lowest BCUT2D eigenvalue weighted by Gasteiger charge is -2.15. The number of nitrogens with one attached hydrogen (secondary N) is 2. The summed E-state index contributed by atoms with van der Waals surface area (Å²) in [7, 11) is 0. The van der Waals surface area contributed by atoms with E-state index in [-0.39, 0.29) is 11.6 Å². The lowest BCUT2D eigenvalue weighted by molar-refractivity contribution is 0.666. The van der Waals surface area contributed by atoms with Crippen LogP contribution in [0.3, 0.4) is 0 Å². The molecule has 2 heterocycles. The minimum atomic E-state index is -0.325. The first kappa shape index (κ1) is 21.5. The normalized spacial score (nSPS) is 13.3. The number of aliphatic imine (C=N–C) groups is 1. The van der Waals surface area contributed by atoms with Gasteiger partial charge in [-0.3, -0.25) is 9.79 Å². The minimum Gasteiger partial charge on any atom is -0.405 e. The number of benzene rings is 1. The zero-order valence-corrected chi connectivity index (χ0v) is 17.9. The highest BCUT2D eigenvalue weighted by Gasteiger charge is 2.14. The summed E-state index contributed by atoms with van der Waals surface area (Å²) in [6.45, 7) is 6.73. The number of hydrogen-bond acceptors (Lipinski definition) is 6. The van der Waals surface area contributed by atoms with Crippen LogP contribution in [0, 0.1) is 5.92 Å². The molecule has 30 heavy (non-hydrogen) atoms. The summed E-state index contributed by atoms with van der Waals surface area (Å²) in [5.74, 6) is 0.812. The van der Waals surface area contributed by atoms with E-state index in [2.05, 4.69) is 39.1 Å². The van der Waals surface area contributed by atoms with Crippen LogP contribution in [0.25, 0.3) is 10.9 Å². The van der Waals surface area contributed by atoms with E-state index in [0.717, 1.165) is 10.9 Å². The smallest absolute Gasteiger partial charge is 0.253 e. The third-order valence-electron chi connectivity index (χ3n) is 4.45. The molecule has 0 unspecified atom stereocenters. The maximum atomic E-state index is 12.5. The molecule has 0 saturated carbocycles. The van der Waals surface area contributed by atoms with Gasteiger partial charge in [0.1, 0.15) is 0 Å². The molecule has 1 atom stereocenters. The lowest BCUT2D eigenvalue weighted by atomic mass is 10.1. The highest BCUT2D eigenvalue weighted by molar-refractivity contribution is 6.31. The fraction of sp³-hybridized carbons (Fsp3) is 0.273. The maximum Gasteiger partial charge on any atom is 0.253 e. The molecule has 4 N–H and O–H groups in total. The van der Waals surface area contributed by atoms with Crippen LogP contribution in [0.5, 0.6) is 0 Å². The molecule has 3 aromatic rings. The first-order valence-electron chi connectivity index (χ1n) is 9.72. The molecule has 0 aliphatic heterocycles. The molecule has 1 aromatic carbocycles. The Morgan fingerprint density at radius 3 is 2.83 bits per heavy atom. The number of anilines is 1. The first-order valence-corrected chi connectivity index (χ1v) is 10.1. The largest absolute Gasteiger partial charge is 0.405 e. The highest BCUT2D eigenvalue weighted by Crippen LogP contribution is 2.21. The monoisotopic (exact) mass is 424 g/mol. The van der Waals surface area contributed by atoms with Crippen LogP contribution in [-0.2, 0) is 0 Å². The van der Waals surface area contributed by atoms with Crippen molar-refractivity contribution < 1.29 is 0 Å². The topological polar surface area (TPSA) is 109 Å². The van der Waals surface area contributed by atoms with Gasteiger partial charge in [0.15, 0.2) is 0 Å². The summed E-state index contributed by atoms with van der Waals surface area (Å²) in [5.41, 5.74) is 8.03. The van der Waals surface area contributed by atoms with Crippen LogP contribution in [0.15, 0.2) is 58.6 Å². The van der Waals surface area contributed by atoms with E-state index in [1.807, 2.05) is 19.1 Å². The van der Waals surface area contributed by atoms with Crippen LogP contribution in [0.1, 0.15) is 38.1 Å². The molecule has 7 nitrogen and oxygen atoms in total. The van der Waals surface area contributed by atoms with E-state index in [1.54, 1.807) is 30.5 Å². The molecule has 0 aliphatic carbocycles. The van der Waals surface area contributed by atoms with E-state index < -0.39 is 0 Å². The summed E-state index contributed by atoms with van der Waals surface area (Å²) in [5, 5.41) is 4.66. The van der Waals surface area contributed by atoms with Gasteiger partial charge in [0.2, 0.25) is 5.95 Å². The van der Waals surface area contributed by atoms with E-state index in [4.69, 9.17) is 17.3 Å². The zero-order chi connectivity index (χ0) is 21.7. The Morgan fingerprint density at radius 1 is 1.30 bits per heavy atom. The van der Waals surface area contributed by atoms with Gasteiger partial charge in [-0.2, -0.15) is 0 Å². The quantitative estimate of drug-likeness (QED) is 0.495. The molecule has 0 fully saturated rings. The van der Waals surface area contributed by atoms with Crippen LogP contribution in [0.2, 0.25) is 5.02 Å². The van der Waals surface area contributed by atoms with Crippen molar-refractivity contribution in [2.45, 2.75) is 26.8 Å². The third kappa shape index (κ3) is 5.24. The van der Waals surface area contributed by atoms with Gasteiger partial charge in [-0.15, -0.1) is 0 Å². The summed E-state index contributed by atoms with van der Waals surface area (Å²) >= 11 is 6.08. The van der Waals surface area contributed by atoms with Gasteiger partial charge in [-0.05, 0) is 55.4 Å². The zero-order valence-electron chi connectivity index (χ0n) is 17.2. The molecule has 156 valence electrons. The Balaban J connectivity index is 1.88. The van der Waals surface area contributed by atoms with Crippen molar-refractivity contribution in [1.82, 2.24) is 15.0 Å². The Hall–Kier alpha value is -3.19. The second kappa shape index (κ2) is 9.54. The second-order valence-electron chi connectivity index (χ2n) is 7.40. The number of nitrogens with zero attached hydrogens (tertiary/aromatic N) is 3. The van der Waals surface area contributed by atoms with Crippen LogP contribution >= 0.6 is 11.6 Å². The molecule has 3 rings (SSSR count). The molecule has 0 radical (unpaired) electrons. The van der Waals surface area contributed by atoms with Gasteiger partial charge >= 0.3 is 0 Å². The molecular formula is C22H25ClN6O.